The van der Waals surface area contributed by atoms with Gasteiger partial charge in [-0.25, -0.2) is 0 Å². The Morgan fingerprint density at radius 3 is 1.89 bits per heavy atom. The van der Waals surface area contributed by atoms with Crippen molar-refractivity contribution in [1.29, 1.82) is 0 Å². The Morgan fingerprint density at radius 2 is 1.78 bits per heavy atom. The second-order valence-corrected chi connectivity index (χ2v) is 1.37. The van der Waals surface area contributed by atoms with Crippen LogP contribution in [-0.4, -0.2) is 19.8 Å². The molecule has 9 heavy (non-hydrogen) atoms. The third-order valence-electron chi connectivity index (χ3n) is 0.632. The van der Waals surface area contributed by atoms with Gasteiger partial charge >= 0.3 is 6.36 Å². The lowest BCUT2D eigenvalue weighted by molar-refractivity contribution is -0.371. The smallest absolute Gasteiger partial charge is 0.356 e. The van der Waals surface area contributed by atoms with Crippen LogP contribution in [0.2, 0.25) is 0 Å². The number of methoxy groups -OCH3 is 1. The average Bonchev–Trinajstić information content (AvgIpc) is 1.62. The first-order chi connectivity index (χ1) is 3.95. The predicted molar refractivity (Wildman–Crippen MR) is 23.6 cm³/mol. The van der Waals surface area contributed by atoms with Gasteiger partial charge in [-0.3, -0.25) is 4.74 Å². The highest BCUT2D eigenvalue weighted by Gasteiger charge is 2.31. The monoisotopic (exact) mass is 144 g/mol. The van der Waals surface area contributed by atoms with E-state index in [-0.39, 0.29) is 0 Å². The highest BCUT2D eigenvalue weighted by molar-refractivity contribution is 4.30. The van der Waals surface area contributed by atoms with Gasteiger partial charge in [0.25, 0.3) is 0 Å². The molecule has 0 radical (unpaired) electrons. The molecule has 0 spiro atoms. The molecule has 0 fully saturated rings. The molecule has 5 heteroatoms. The first kappa shape index (κ1) is 8.71. The maximum absolute atomic E-state index is 11.2. The Balaban J connectivity index is 3.47. The minimum Gasteiger partial charge on any atom is -0.356 e. The largest absolute Gasteiger partial charge is 0.524 e. The van der Waals surface area contributed by atoms with Crippen LogP contribution in [0, 0.1) is 0 Å². The van der Waals surface area contributed by atoms with E-state index in [0.717, 1.165) is 14.0 Å². The minimum atomic E-state index is -4.60. The fourth-order valence-electron chi connectivity index (χ4n) is 0.236. The summed E-state index contributed by atoms with van der Waals surface area (Å²) in [6.07, 6.45) is -5.83. The Morgan fingerprint density at radius 1 is 1.33 bits per heavy atom. The van der Waals surface area contributed by atoms with Crippen molar-refractivity contribution >= 4 is 0 Å². The summed E-state index contributed by atoms with van der Waals surface area (Å²) in [7, 11) is 1.14. The van der Waals surface area contributed by atoms with E-state index < -0.39 is 12.7 Å². The molecule has 0 saturated heterocycles. The van der Waals surface area contributed by atoms with Gasteiger partial charge < -0.3 is 4.74 Å². The minimum absolute atomic E-state index is 1.14. The van der Waals surface area contributed by atoms with Crippen molar-refractivity contribution in [2.45, 2.75) is 19.6 Å². The van der Waals surface area contributed by atoms with Crippen LogP contribution in [0.25, 0.3) is 0 Å². The fraction of sp³-hybridized carbons (Fsp3) is 1.00. The lowest BCUT2D eigenvalue weighted by atomic mass is 10.8. The number of alkyl halides is 3. The van der Waals surface area contributed by atoms with Gasteiger partial charge in [0.15, 0.2) is 6.29 Å². The van der Waals surface area contributed by atoms with Crippen LogP contribution in [0.15, 0.2) is 0 Å². The molecule has 2 nitrogen and oxygen atoms in total. The standard InChI is InChI=1S/C4H7F3O2/c1-3(8-2)9-4(5,6)7/h3H,1-2H3. The number of hydrogen-bond donors (Lipinski definition) is 0. The van der Waals surface area contributed by atoms with Gasteiger partial charge in [-0.15, -0.1) is 13.2 Å². The van der Waals surface area contributed by atoms with E-state index in [1.807, 2.05) is 0 Å². The second-order valence-electron chi connectivity index (χ2n) is 1.37. The Hall–Kier alpha value is -0.290. The maximum atomic E-state index is 11.2. The molecule has 1 unspecified atom stereocenters. The van der Waals surface area contributed by atoms with Crippen LogP contribution in [0.4, 0.5) is 13.2 Å². The van der Waals surface area contributed by atoms with Crippen molar-refractivity contribution in [1.82, 2.24) is 0 Å². The van der Waals surface area contributed by atoms with Crippen LogP contribution in [0.1, 0.15) is 6.92 Å². The Labute approximate surface area is 50.6 Å². The van der Waals surface area contributed by atoms with Crippen LogP contribution >= 0.6 is 0 Å². The molecule has 0 aliphatic heterocycles. The molecule has 0 heterocycles. The molecule has 0 amide bonds. The molecule has 0 aliphatic rings. The normalized spacial score (nSPS) is 15.7. The van der Waals surface area contributed by atoms with Gasteiger partial charge in [-0.2, -0.15) is 0 Å². The van der Waals surface area contributed by atoms with Crippen LogP contribution in [0.5, 0.6) is 0 Å². The number of rotatable bonds is 2. The van der Waals surface area contributed by atoms with E-state index in [2.05, 4.69) is 9.47 Å². The Bertz CT molecular complexity index is 80.4. The number of hydrogen-bond acceptors (Lipinski definition) is 2. The van der Waals surface area contributed by atoms with Crippen molar-refractivity contribution in [3.8, 4) is 0 Å². The summed E-state index contributed by atoms with van der Waals surface area (Å²) in [6.45, 7) is 1.16. The van der Waals surface area contributed by atoms with Gasteiger partial charge in [0.05, 0.1) is 0 Å². The van der Waals surface area contributed by atoms with Gasteiger partial charge in [-0.1, -0.05) is 0 Å². The van der Waals surface area contributed by atoms with Crippen LogP contribution in [0.3, 0.4) is 0 Å². The van der Waals surface area contributed by atoms with E-state index in [9.17, 15) is 13.2 Å². The number of ether oxygens (including phenoxy) is 2. The second kappa shape index (κ2) is 3.03. The van der Waals surface area contributed by atoms with Crippen molar-refractivity contribution in [3.63, 3.8) is 0 Å². The quantitative estimate of drug-likeness (QED) is 0.547. The molecule has 0 saturated carbocycles. The SMILES string of the molecule is COC(C)OC(F)(F)F. The van der Waals surface area contributed by atoms with E-state index in [0.29, 0.717) is 0 Å². The summed E-state index contributed by atoms with van der Waals surface area (Å²) in [5, 5.41) is 0. The first-order valence-electron chi connectivity index (χ1n) is 2.23. The van der Waals surface area contributed by atoms with Gasteiger partial charge in [0.2, 0.25) is 0 Å². The first-order valence-corrected chi connectivity index (χ1v) is 2.23. The van der Waals surface area contributed by atoms with E-state index in [1.165, 1.54) is 0 Å². The number of halogens is 3. The summed E-state index contributed by atoms with van der Waals surface area (Å²) in [5.74, 6) is 0. The summed E-state index contributed by atoms with van der Waals surface area (Å²) in [4.78, 5) is 0. The highest BCUT2D eigenvalue weighted by Crippen LogP contribution is 2.18. The molecule has 0 aromatic rings. The fourth-order valence-corrected chi connectivity index (χ4v) is 0.236. The molecule has 0 N–H and O–H groups in total. The van der Waals surface area contributed by atoms with Gasteiger partial charge in [-0.05, 0) is 6.92 Å². The highest BCUT2D eigenvalue weighted by atomic mass is 19.4. The zero-order valence-corrected chi connectivity index (χ0v) is 5.03. The summed E-state index contributed by atoms with van der Waals surface area (Å²) in [5.41, 5.74) is 0. The lowest BCUT2D eigenvalue weighted by Crippen LogP contribution is -2.22. The lowest BCUT2D eigenvalue weighted by Gasteiger charge is -2.12. The summed E-state index contributed by atoms with van der Waals surface area (Å²) in [6, 6.07) is 0. The van der Waals surface area contributed by atoms with Crippen molar-refractivity contribution in [2.75, 3.05) is 7.11 Å². The Kier molecular flexibility index (Phi) is 2.93. The van der Waals surface area contributed by atoms with Crippen molar-refractivity contribution in [3.05, 3.63) is 0 Å². The molecule has 0 rings (SSSR count). The molecular formula is C4H7F3O2. The van der Waals surface area contributed by atoms with Crippen LogP contribution in [-0.2, 0) is 9.47 Å². The van der Waals surface area contributed by atoms with Gasteiger partial charge in [0, 0.05) is 7.11 Å². The zero-order chi connectivity index (χ0) is 7.49. The zero-order valence-electron chi connectivity index (χ0n) is 5.03. The van der Waals surface area contributed by atoms with Crippen LogP contribution < -0.4 is 0 Å². The summed E-state index contributed by atoms with van der Waals surface area (Å²) < 4.78 is 41.1. The van der Waals surface area contributed by atoms with E-state index in [1.54, 1.807) is 0 Å². The van der Waals surface area contributed by atoms with Crippen molar-refractivity contribution < 1.29 is 22.6 Å². The molecule has 0 aromatic heterocycles. The third-order valence-corrected chi connectivity index (χ3v) is 0.632. The maximum Gasteiger partial charge on any atom is 0.524 e. The molecular weight excluding hydrogens is 137 g/mol. The summed E-state index contributed by atoms with van der Waals surface area (Å²) >= 11 is 0. The van der Waals surface area contributed by atoms with E-state index >= 15 is 0 Å². The van der Waals surface area contributed by atoms with E-state index in [4.69, 9.17) is 0 Å². The molecule has 0 aliphatic carbocycles. The predicted octanol–water partition coefficient (Wildman–Crippen LogP) is 1.52. The molecule has 1 atom stereocenters. The third kappa shape index (κ3) is 5.58. The average molecular weight is 144 g/mol. The van der Waals surface area contributed by atoms with Crippen molar-refractivity contribution in [2.24, 2.45) is 0 Å². The molecule has 56 valence electrons. The molecule has 0 aromatic carbocycles. The van der Waals surface area contributed by atoms with Gasteiger partial charge in [0.1, 0.15) is 0 Å². The molecule has 0 bridgehead atoms. The topological polar surface area (TPSA) is 18.5 Å².